The first-order chi connectivity index (χ1) is 4.70. The van der Waals surface area contributed by atoms with Gasteiger partial charge < -0.3 is 0 Å². The summed E-state index contributed by atoms with van der Waals surface area (Å²) >= 11 is 0. The van der Waals surface area contributed by atoms with Crippen LogP contribution < -0.4 is 0 Å². The van der Waals surface area contributed by atoms with Crippen LogP contribution in [0.1, 0.15) is 33.6 Å². The van der Waals surface area contributed by atoms with E-state index in [1.807, 2.05) is 13.0 Å². The van der Waals surface area contributed by atoms with Crippen LogP contribution in [0, 0.1) is 5.92 Å². The van der Waals surface area contributed by atoms with Gasteiger partial charge in [-0.3, -0.25) is 4.79 Å². The average molecular weight is 140 g/mol. The Hall–Kier alpha value is -0.590. The van der Waals surface area contributed by atoms with Crippen LogP contribution in [-0.2, 0) is 4.79 Å². The van der Waals surface area contributed by atoms with Crippen molar-refractivity contribution in [2.45, 2.75) is 33.6 Å². The molecule has 0 fully saturated rings. The molecule has 0 rings (SSSR count). The summed E-state index contributed by atoms with van der Waals surface area (Å²) in [4.78, 5) is 10.1. The Bertz CT molecular complexity index is 125. The highest BCUT2D eigenvalue weighted by Crippen LogP contribution is 2.07. The Labute approximate surface area is 63.1 Å². The van der Waals surface area contributed by atoms with E-state index in [1.54, 1.807) is 0 Å². The van der Waals surface area contributed by atoms with Crippen molar-refractivity contribution in [3.05, 3.63) is 11.6 Å². The van der Waals surface area contributed by atoms with Gasteiger partial charge in [0.15, 0.2) is 0 Å². The van der Waals surface area contributed by atoms with Crippen molar-refractivity contribution in [2.75, 3.05) is 0 Å². The minimum atomic E-state index is 0.704. The molecule has 1 unspecified atom stereocenters. The minimum absolute atomic E-state index is 0.704. The molecular formula is C9H16O. The second-order valence-corrected chi connectivity index (χ2v) is 2.82. The molecule has 58 valence electrons. The van der Waals surface area contributed by atoms with Gasteiger partial charge in [0, 0.05) is 0 Å². The standard InChI is InChI=1S/C9H16O/c1-4-8(2)5-6-9(3)7-10/h6-8H,4-5H2,1-3H3. The topological polar surface area (TPSA) is 17.1 Å². The Morgan fingerprint density at radius 1 is 1.60 bits per heavy atom. The molecule has 0 aliphatic rings. The fourth-order valence-electron chi connectivity index (χ4n) is 0.602. The van der Waals surface area contributed by atoms with E-state index < -0.39 is 0 Å². The average Bonchev–Trinajstić information content (AvgIpc) is 1.99. The van der Waals surface area contributed by atoms with Crippen molar-refractivity contribution < 1.29 is 4.79 Å². The number of rotatable bonds is 4. The second kappa shape index (κ2) is 5.21. The van der Waals surface area contributed by atoms with Crippen LogP contribution in [0.3, 0.4) is 0 Å². The number of carbonyl (C=O) groups excluding carboxylic acids is 1. The molecule has 0 saturated carbocycles. The molecule has 10 heavy (non-hydrogen) atoms. The number of hydrogen-bond acceptors (Lipinski definition) is 1. The quantitative estimate of drug-likeness (QED) is 0.433. The molecule has 0 bridgehead atoms. The van der Waals surface area contributed by atoms with Gasteiger partial charge in [-0.25, -0.2) is 0 Å². The Morgan fingerprint density at radius 3 is 2.60 bits per heavy atom. The predicted octanol–water partition coefficient (Wildman–Crippen LogP) is 2.57. The number of hydrogen-bond donors (Lipinski definition) is 0. The second-order valence-electron chi connectivity index (χ2n) is 2.82. The third-order valence-electron chi connectivity index (χ3n) is 1.73. The van der Waals surface area contributed by atoms with E-state index in [-0.39, 0.29) is 0 Å². The lowest BCUT2D eigenvalue weighted by Crippen LogP contribution is -1.89. The smallest absolute Gasteiger partial charge is 0.145 e. The van der Waals surface area contributed by atoms with Crippen LogP contribution in [0.2, 0.25) is 0 Å². The molecule has 0 amide bonds. The van der Waals surface area contributed by atoms with Crippen molar-refractivity contribution in [3.8, 4) is 0 Å². The van der Waals surface area contributed by atoms with E-state index in [9.17, 15) is 4.79 Å². The maximum Gasteiger partial charge on any atom is 0.145 e. The van der Waals surface area contributed by atoms with E-state index in [2.05, 4.69) is 13.8 Å². The van der Waals surface area contributed by atoms with Crippen LogP contribution in [0.4, 0.5) is 0 Å². The van der Waals surface area contributed by atoms with E-state index in [0.29, 0.717) is 5.92 Å². The molecule has 0 aromatic carbocycles. The largest absolute Gasteiger partial charge is 0.298 e. The normalized spacial score (nSPS) is 14.9. The zero-order valence-electron chi connectivity index (χ0n) is 7.05. The fraction of sp³-hybridized carbons (Fsp3) is 0.667. The van der Waals surface area contributed by atoms with Crippen LogP contribution in [0.5, 0.6) is 0 Å². The summed E-state index contributed by atoms with van der Waals surface area (Å²) in [6.07, 6.45) is 5.12. The summed E-state index contributed by atoms with van der Waals surface area (Å²) in [7, 11) is 0. The SMILES string of the molecule is CCC(C)CC=C(C)C=O. The molecule has 0 aliphatic carbocycles. The summed E-state index contributed by atoms with van der Waals surface area (Å²) < 4.78 is 0. The van der Waals surface area contributed by atoms with Crippen LogP contribution >= 0.6 is 0 Å². The molecule has 1 heteroatoms. The summed E-state index contributed by atoms with van der Waals surface area (Å²) in [5, 5.41) is 0. The lowest BCUT2D eigenvalue weighted by Gasteiger charge is -2.02. The van der Waals surface area contributed by atoms with Gasteiger partial charge in [-0.05, 0) is 24.8 Å². The predicted molar refractivity (Wildman–Crippen MR) is 43.9 cm³/mol. The molecule has 0 aliphatic heterocycles. The van der Waals surface area contributed by atoms with Crippen LogP contribution in [0.15, 0.2) is 11.6 Å². The van der Waals surface area contributed by atoms with Gasteiger partial charge >= 0.3 is 0 Å². The monoisotopic (exact) mass is 140 g/mol. The zero-order valence-corrected chi connectivity index (χ0v) is 7.05. The highest BCUT2D eigenvalue weighted by atomic mass is 16.1. The first-order valence-corrected chi connectivity index (χ1v) is 3.82. The van der Waals surface area contributed by atoms with Crippen LogP contribution in [0.25, 0.3) is 0 Å². The molecule has 1 atom stereocenters. The van der Waals surface area contributed by atoms with Crippen molar-refractivity contribution in [2.24, 2.45) is 5.92 Å². The van der Waals surface area contributed by atoms with Gasteiger partial charge in [0.05, 0.1) is 0 Å². The van der Waals surface area contributed by atoms with Gasteiger partial charge in [-0.2, -0.15) is 0 Å². The van der Waals surface area contributed by atoms with Gasteiger partial charge in [0.25, 0.3) is 0 Å². The minimum Gasteiger partial charge on any atom is -0.298 e. The summed E-state index contributed by atoms with van der Waals surface area (Å²) in [5.74, 6) is 0.704. The number of carbonyl (C=O) groups is 1. The lowest BCUT2D eigenvalue weighted by molar-refractivity contribution is -0.104. The molecule has 0 heterocycles. The van der Waals surface area contributed by atoms with Crippen molar-refractivity contribution >= 4 is 6.29 Å². The molecule has 0 N–H and O–H groups in total. The first-order valence-electron chi connectivity index (χ1n) is 3.82. The van der Waals surface area contributed by atoms with Gasteiger partial charge in [-0.15, -0.1) is 0 Å². The highest BCUT2D eigenvalue weighted by molar-refractivity contribution is 5.71. The number of aldehydes is 1. The van der Waals surface area contributed by atoms with E-state index >= 15 is 0 Å². The Kier molecular flexibility index (Phi) is 4.91. The third-order valence-corrected chi connectivity index (χ3v) is 1.73. The highest BCUT2D eigenvalue weighted by Gasteiger charge is 1.94. The van der Waals surface area contributed by atoms with Gasteiger partial charge in [0.1, 0.15) is 6.29 Å². The maximum absolute atomic E-state index is 10.1. The van der Waals surface area contributed by atoms with E-state index in [1.165, 1.54) is 6.42 Å². The molecular weight excluding hydrogens is 124 g/mol. The first kappa shape index (κ1) is 9.41. The van der Waals surface area contributed by atoms with E-state index in [4.69, 9.17) is 0 Å². The van der Waals surface area contributed by atoms with Crippen molar-refractivity contribution in [3.63, 3.8) is 0 Å². The molecule has 0 saturated heterocycles. The van der Waals surface area contributed by atoms with Gasteiger partial charge in [0.2, 0.25) is 0 Å². The van der Waals surface area contributed by atoms with Crippen molar-refractivity contribution in [1.82, 2.24) is 0 Å². The summed E-state index contributed by atoms with van der Waals surface area (Å²) in [5.41, 5.74) is 0.848. The Balaban J connectivity index is 3.60. The molecule has 1 nitrogen and oxygen atoms in total. The van der Waals surface area contributed by atoms with Crippen LogP contribution in [-0.4, -0.2) is 6.29 Å². The summed E-state index contributed by atoms with van der Waals surface area (Å²) in [6.45, 7) is 6.19. The third kappa shape index (κ3) is 4.30. The van der Waals surface area contributed by atoms with E-state index in [0.717, 1.165) is 18.3 Å². The molecule has 0 aromatic heterocycles. The molecule has 0 radical (unpaired) electrons. The van der Waals surface area contributed by atoms with Gasteiger partial charge in [-0.1, -0.05) is 26.3 Å². The number of allylic oxidation sites excluding steroid dienone is 2. The fourth-order valence-corrected chi connectivity index (χ4v) is 0.602. The molecule has 0 aromatic rings. The molecule has 0 spiro atoms. The summed E-state index contributed by atoms with van der Waals surface area (Å²) in [6, 6.07) is 0. The zero-order chi connectivity index (χ0) is 7.98. The Morgan fingerprint density at radius 2 is 2.20 bits per heavy atom. The lowest BCUT2D eigenvalue weighted by atomic mass is 10.0. The maximum atomic E-state index is 10.1. The van der Waals surface area contributed by atoms with Crippen molar-refractivity contribution in [1.29, 1.82) is 0 Å².